The fourth-order valence-electron chi connectivity index (χ4n) is 9.17. The number of benzene rings is 4. The molecule has 1 saturated carbocycles. The van der Waals surface area contributed by atoms with Gasteiger partial charge in [-0.2, -0.15) is 5.01 Å². The minimum atomic E-state index is -1.67. The molecule has 13 heteroatoms. The lowest BCUT2D eigenvalue weighted by Gasteiger charge is -2.50. The van der Waals surface area contributed by atoms with E-state index in [-0.39, 0.29) is 46.9 Å². The van der Waals surface area contributed by atoms with Crippen molar-refractivity contribution in [1.29, 1.82) is 0 Å². The van der Waals surface area contributed by atoms with Gasteiger partial charge in [-0.25, -0.2) is 0 Å². The largest absolute Gasteiger partial charge is 0.504 e. The number of rotatable bonds is 8. The van der Waals surface area contributed by atoms with E-state index in [1.807, 2.05) is 6.08 Å². The minimum absolute atomic E-state index is 0.0563. The number of ether oxygens (including phenoxy) is 2. The molecule has 4 aliphatic rings. The monoisotopic (exact) mass is 841 g/mol. The molecule has 0 aromatic heterocycles. The molecule has 2 aliphatic heterocycles. The number of nitrogens with one attached hydrogen (secondary N) is 1. The number of hydrogen-bond acceptors (Lipinski definition) is 8. The first-order valence-electron chi connectivity index (χ1n) is 17.6. The third-order valence-corrected chi connectivity index (χ3v) is 12.6. The number of carbonyl (C=O) groups excluding carboxylic acids is 4. The van der Waals surface area contributed by atoms with E-state index >= 15 is 9.59 Å². The van der Waals surface area contributed by atoms with Gasteiger partial charge in [0.15, 0.2) is 11.5 Å². The molecule has 0 radical (unpaired) electrons. The van der Waals surface area contributed by atoms with E-state index in [2.05, 4.69) is 27.9 Å². The number of halogens is 3. The number of aromatic hydroxyl groups is 1. The molecule has 2 heterocycles. The molecule has 4 aromatic rings. The number of hydrazine groups is 1. The van der Waals surface area contributed by atoms with Crippen LogP contribution in [0.4, 0.5) is 11.4 Å². The van der Waals surface area contributed by atoms with Gasteiger partial charge in [0.1, 0.15) is 5.75 Å². The van der Waals surface area contributed by atoms with Crippen LogP contribution in [0.15, 0.2) is 102 Å². The van der Waals surface area contributed by atoms with Gasteiger partial charge in [0.2, 0.25) is 11.8 Å². The van der Waals surface area contributed by atoms with Crippen LogP contribution in [0, 0.1) is 23.7 Å². The Kier molecular flexibility index (Phi) is 9.30. The molecular weight excluding hydrogens is 809 g/mol. The number of imide groups is 2. The van der Waals surface area contributed by atoms with Gasteiger partial charge in [0.25, 0.3) is 11.8 Å². The molecule has 6 unspecified atom stereocenters. The minimum Gasteiger partial charge on any atom is -0.504 e. The van der Waals surface area contributed by atoms with E-state index in [4.69, 9.17) is 32.7 Å². The number of phenolic OH excluding ortho intramolecular Hbond substituents is 1. The third kappa shape index (κ3) is 5.58. The topological polar surface area (TPSA) is 125 Å². The van der Waals surface area contributed by atoms with Crippen LogP contribution in [0.3, 0.4) is 0 Å². The van der Waals surface area contributed by atoms with E-state index in [0.717, 1.165) is 10.6 Å². The molecule has 55 heavy (non-hydrogen) atoms. The van der Waals surface area contributed by atoms with Gasteiger partial charge in [-0.05, 0) is 84.5 Å². The molecule has 10 nitrogen and oxygen atoms in total. The van der Waals surface area contributed by atoms with E-state index in [1.54, 1.807) is 78.9 Å². The van der Waals surface area contributed by atoms with E-state index < -0.39 is 46.8 Å². The molecule has 6 atom stereocenters. The standard InChI is InChI=1S/C42H34BrCl2N3O7/c1-4-21-5-10-25(11-6-21)47-38(50)28-15-14-27-29(35(28)40(47)52)20-31-39(51)48(46-33-16-9-24(44)19-32(33)45)41(53)42(31,22-7-12-26(54-2)13-8-22)36(27)30-17-23(43)18-34(55-3)37(30)49/h4-14,16-19,28-29,31,35-36,46,49H,1,15,20H2,2-3H3. The van der Waals surface area contributed by atoms with Crippen molar-refractivity contribution in [2.24, 2.45) is 23.7 Å². The third-order valence-electron chi connectivity index (χ3n) is 11.6. The Morgan fingerprint density at radius 3 is 2.29 bits per heavy atom. The van der Waals surface area contributed by atoms with Crippen LogP contribution >= 0.6 is 39.1 Å². The van der Waals surface area contributed by atoms with Gasteiger partial charge in [0, 0.05) is 21.0 Å². The molecule has 3 fully saturated rings. The van der Waals surface area contributed by atoms with Gasteiger partial charge < -0.3 is 14.6 Å². The SMILES string of the molecule is C=Cc1ccc(N2C(=O)C3CC=C4C(CC5C(=O)N(Nc6ccc(Cl)cc6Cl)C(=O)C5(c5ccc(OC)cc5)C4c4cc(Br)cc(OC)c4O)C3C2=O)cc1. The number of allylic oxidation sites excluding steroid dienone is 2. The molecule has 2 N–H and O–H groups in total. The smallest absolute Gasteiger partial charge is 0.260 e. The second kappa shape index (κ2) is 13.9. The molecule has 4 aromatic carbocycles. The lowest BCUT2D eigenvalue weighted by atomic mass is 9.49. The summed E-state index contributed by atoms with van der Waals surface area (Å²) in [5, 5.41) is 13.5. The summed E-state index contributed by atoms with van der Waals surface area (Å²) in [5.74, 6) is -5.71. The predicted octanol–water partition coefficient (Wildman–Crippen LogP) is 8.31. The number of anilines is 2. The van der Waals surface area contributed by atoms with Crippen molar-refractivity contribution in [2.75, 3.05) is 24.5 Å². The maximum Gasteiger partial charge on any atom is 0.260 e. The number of methoxy groups -OCH3 is 2. The highest BCUT2D eigenvalue weighted by Crippen LogP contribution is 2.65. The molecule has 0 spiro atoms. The number of fused-ring (bicyclic) bond motifs is 4. The zero-order valence-corrected chi connectivity index (χ0v) is 32.7. The first-order chi connectivity index (χ1) is 26.4. The van der Waals surface area contributed by atoms with Crippen LogP contribution in [0.25, 0.3) is 6.08 Å². The Morgan fingerprint density at radius 1 is 0.909 bits per heavy atom. The number of amides is 4. The average molecular weight is 844 g/mol. The molecular formula is C42H34BrCl2N3O7. The first-order valence-corrected chi connectivity index (χ1v) is 19.1. The summed E-state index contributed by atoms with van der Waals surface area (Å²) in [6.07, 6.45) is 3.86. The molecule has 4 amide bonds. The van der Waals surface area contributed by atoms with Crippen molar-refractivity contribution >= 4 is 80.2 Å². The van der Waals surface area contributed by atoms with Gasteiger partial charge in [-0.1, -0.05) is 87.7 Å². The maximum absolute atomic E-state index is 15.5. The van der Waals surface area contributed by atoms with Crippen LogP contribution in [0.2, 0.25) is 10.0 Å². The molecule has 2 saturated heterocycles. The molecule has 2 aliphatic carbocycles. The van der Waals surface area contributed by atoms with Crippen molar-refractivity contribution in [3.8, 4) is 17.2 Å². The fourth-order valence-corrected chi connectivity index (χ4v) is 10.1. The summed E-state index contributed by atoms with van der Waals surface area (Å²) in [7, 11) is 2.95. The Morgan fingerprint density at radius 2 is 1.64 bits per heavy atom. The number of phenols is 1. The van der Waals surface area contributed by atoms with Crippen LogP contribution in [-0.4, -0.2) is 48.0 Å². The Balaban J connectivity index is 1.35. The van der Waals surface area contributed by atoms with Gasteiger partial charge in [-0.3, -0.25) is 29.5 Å². The lowest BCUT2D eigenvalue weighted by Crippen LogP contribution is -2.53. The Hall–Kier alpha value is -5.10. The van der Waals surface area contributed by atoms with Crippen LogP contribution in [0.1, 0.15) is 35.4 Å². The van der Waals surface area contributed by atoms with Crippen LogP contribution in [0.5, 0.6) is 17.2 Å². The zero-order chi connectivity index (χ0) is 38.9. The van der Waals surface area contributed by atoms with E-state index in [0.29, 0.717) is 37.6 Å². The van der Waals surface area contributed by atoms with Crippen molar-refractivity contribution in [3.63, 3.8) is 0 Å². The highest BCUT2D eigenvalue weighted by atomic mass is 79.9. The van der Waals surface area contributed by atoms with Gasteiger partial charge in [0.05, 0.1) is 53.8 Å². The first kappa shape index (κ1) is 36.9. The predicted molar refractivity (Wildman–Crippen MR) is 212 cm³/mol. The molecule has 8 rings (SSSR count). The Bertz CT molecular complexity index is 2330. The van der Waals surface area contributed by atoms with Crippen molar-refractivity contribution in [3.05, 3.63) is 128 Å². The van der Waals surface area contributed by atoms with Crippen molar-refractivity contribution in [2.45, 2.75) is 24.2 Å². The van der Waals surface area contributed by atoms with Crippen LogP contribution in [-0.2, 0) is 24.6 Å². The summed E-state index contributed by atoms with van der Waals surface area (Å²) < 4.78 is 11.6. The second-order valence-corrected chi connectivity index (χ2v) is 15.8. The van der Waals surface area contributed by atoms with Gasteiger partial charge >= 0.3 is 0 Å². The fraction of sp³-hybridized carbons (Fsp3) is 0.238. The highest BCUT2D eigenvalue weighted by Gasteiger charge is 2.71. The van der Waals surface area contributed by atoms with Crippen LogP contribution < -0.4 is 19.8 Å². The average Bonchev–Trinajstić information content (AvgIpc) is 3.57. The zero-order valence-electron chi connectivity index (χ0n) is 29.6. The lowest BCUT2D eigenvalue weighted by molar-refractivity contribution is -0.138. The highest BCUT2D eigenvalue weighted by molar-refractivity contribution is 9.10. The summed E-state index contributed by atoms with van der Waals surface area (Å²) in [6, 6.07) is 21.9. The van der Waals surface area contributed by atoms with Crippen molar-refractivity contribution < 1.29 is 33.8 Å². The molecule has 280 valence electrons. The number of hydrogen-bond donors (Lipinski definition) is 2. The van der Waals surface area contributed by atoms with E-state index in [1.165, 1.54) is 25.2 Å². The maximum atomic E-state index is 15.5. The summed E-state index contributed by atoms with van der Waals surface area (Å²) in [5.41, 5.74) is 4.32. The molecule has 0 bridgehead atoms. The second-order valence-electron chi connectivity index (χ2n) is 14.1. The van der Waals surface area contributed by atoms with Crippen molar-refractivity contribution in [1.82, 2.24) is 5.01 Å². The Labute approximate surface area is 335 Å². The summed E-state index contributed by atoms with van der Waals surface area (Å²) in [6.45, 7) is 3.80. The summed E-state index contributed by atoms with van der Waals surface area (Å²) >= 11 is 16.3. The van der Waals surface area contributed by atoms with Gasteiger partial charge in [-0.15, -0.1) is 0 Å². The van der Waals surface area contributed by atoms with E-state index in [9.17, 15) is 14.7 Å². The summed E-state index contributed by atoms with van der Waals surface area (Å²) in [4.78, 5) is 60.5. The quantitative estimate of drug-likeness (QED) is 0.134. The number of nitrogens with zero attached hydrogens (tertiary/aromatic N) is 2. The number of carbonyl (C=O) groups is 4. The normalized spacial score (nSPS) is 25.6.